The van der Waals surface area contributed by atoms with Crippen molar-refractivity contribution in [1.82, 2.24) is 0 Å². The minimum absolute atomic E-state index is 0. The molecule has 0 aliphatic heterocycles. The van der Waals surface area contributed by atoms with Crippen LogP contribution in [0.2, 0.25) is 0 Å². The fraction of sp³-hybridized carbons (Fsp3) is 0.600. The molecular formula is C5HF11O. The van der Waals surface area contributed by atoms with Gasteiger partial charge in [-0.1, -0.05) is 0 Å². The number of hydrogen-bond donors (Lipinski definition) is 0. The molecule has 1 nitrogen and oxygen atoms in total. The highest BCUT2D eigenvalue weighted by molar-refractivity contribution is 4.90. The molecule has 0 saturated carbocycles. The van der Waals surface area contributed by atoms with Gasteiger partial charge in [0.05, 0.1) is 0 Å². The molecular weight excluding hydrogens is 285 g/mol. The molecule has 0 aliphatic rings. The first-order valence-electron chi connectivity index (χ1n) is 3.05. The minimum Gasteiger partial charge on any atom is -0.397 e. The second-order valence-electron chi connectivity index (χ2n) is 2.23. The van der Waals surface area contributed by atoms with Crippen LogP contribution in [0, 0.1) is 0 Å². The monoisotopic (exact) mass is 286 g/mol. The van der Waals surface area contributed by atoms with Gasteiger partial charge in [0.2, 0.25) is 0 Å². The zero-order chi connectivity index (χ0) is 13.4. The summed E-state index contributed by atoms with van der Waals surface area (Å²) in [5, 5.41) is 0. The predicted octanol–water partition coefficient (Wildman–Crippen LogP) is 3.98. The number of halogens is 11. The van der Waals surface area contributed by atoms with E-state index >= 15 is 0 Å². The van der Waals surface area contributed by atoms with E-state index in [4.69, 9.17) is 0 Å². The molecule has 12 heteroatoms. The van der Waals surface area contributed by atoms with Crippen LogP contribution >= 0.6 is 0 Å². The van der Waals surface area contributed by atoms with Gasteiger partial charge in [0, 0.05) is 0 Å². The van der Waals surface area contributed by atoms with Crippen LogP contribution in [0.5, 0.6) is 0 Å². The Kier molecular flexibility index (Phi) is 5.29. The fourth-order valence-corrected chi connectivity index (χ4v) is 0.380. The van der Waals surface area contributed by atoms with Gasteiger partial charge >= 0.3 is 30.3 Å². The Morgan fingerprint density at radius 1 is 0.765 bits per heavy atom. The third kappa shape index (κ3) is 3.63. The van der Waals surface area contributed by atoms with E-state index in [1.54, 1.807) is 0 Å². The van der Waals surface area contributed by atoms with Crippen LogP contribution in [-0.2, 0) is 4.74 Å². The lowest BCUT2D eigenvalue weighted by Crippen LogP contribution is -2.53. The van der Waals surface area contributed by atoms with E-state index in [1.165, 1.54) is 0 Å². The van der Waals surface area contributed by atoms with Gasteiger partial charge in [-0.3, -0.25) is 4.70 Å². The molecule has 0 radical (unpaired) electrons. The van der Waals surface area contributed by atoms with Gasteiger partial charge in [-0.25, -0.2) is 0 Å². The van der Waals surface area contributed by atoms with Gasteiger partial charge in [-0.05, 0) is 0 Å². The SMILES string of the molecule is F.FC(F)=C(F)OC(F)(F)C(F)(F)C(F)(F)F. The smallest absolute Gasteiger partial charge is 0.397 e. The van der Waals surface area contributed by atoms with Gasteiger partial charge in [-0.2, -0.15) is 43.9 Å². The molecule has 0 aliphatic carbocycles. The van der Waals surface area contributed by atoms with Crippen molar-refractivity contribution in [3.05, 3.63) is 12.1 Å². The molecule has 0 atom stereocenters. The van der Waals surface area contributed by atoms with Crippen LogP contribution < -0.4 is 0 Å². The summed E-state index contributed by atoms with van der Waals surface area (Å²) in [6.45, 7) is 0. The van der Waals surface area contributed by atoms with Crippen molar-refractivity contribution in [2.24, 2.45) is 0 Å². The second kappa shape index (κ2) is 4.96. The molecule has 0 fully saturated rings. The third-order valence-corrected chi connectivity index (χ3v) is 1.09. The normalized spacial score (nSPS) is 12.8. The third-order valence-electron chi connectivity index (χ3n) is 1.09. The Morgan fingerprint density at radius 3 is 1.35 bits per heavy atom. The Balaban J connectivity index is 0. The standard InChI is InChI=1S/C5F10O.FH/c6-1(7)2(8)16-5(14,15)3(9,10)4(11,12)13;/h;1H. The molecule has 0 aromatic rings. The number of rotatable bonds is 3. The van der Waals surface area contributed by atoms with E-state index < -0.39 is 30.3 Å². The summed E-state index contributed by atoms with van der Waals surface area (Å²) >= 11 is 0. The molecule has 0 rings (SSSR count). The average Bonchev–Trinajstić information content (AvgIpc) is 2.00. The van der Waals surface area contributed by atoms with Crippen molar-refractivity contribution in [2.75, 3.05) is 0 Å². The molecule has 0 unspecified atom stereocenters. The van der Waals surface area contributed by atoms with Crippen molar-refractivity contribution in [3.8, 4) is 0 Å². The maximum Gasteiger partial charge on any atom is 0.476 e. The van der Waals surface area contributed by atoms with Crippen LogP contribution in [0.4, 0.5) is 48.6 Å². The first-order valence-corrected chi connectivity index (χ1v) is 3.05. The highest BCUT2D eigenvalue weighted by atomic mass is 19.4. The Bertz CT molecular complexity index is 285. The predicted molar refractivity (Wildman–Crippen MR) is 29.9 cm³/mol. The molecule has 0 spiro atoms. The summed E-state index contributed by atoms with van der Waals surface area (Å²) < 4.78 is 118. The highest BCUT2D eigenvalue weighted by Crippen LogP contribution is 2.48. The molecule has 104 valence electrons. The molecule has 0 N–H and O–H groups in total. The molecule has 0 aromatic heterocycles. The summed E-state index contributed by atoms with van der Waals surface area (Å²) in [5.41, 5.74) is 0. The van der Waals surface area contributed by atoms with Crippen molar-refractivity contribution in [3.63, 3.8) is 0 Å². The lowest BCUT2D eigenvalue weighted by Gasteiger charge is -2.26. The Hall–Kier alpha value is -1.23. The summed E-state index contributed by atoms with van der Waals surface area (Å²) in [5.74, 6) is -6.81. The summed E-state index contributed by atoms with van der Waals surface area (Å²) in [7, 11) is 0. The van der Waals surface area contributed by atoms with Gasteiger partial charge in [0.25, 0.3) is 0 Å². The first-order chi connectivity index (χ1) is 6.83. The first kappa shape index (κ1) is 18.1. The number of ether oxygens (including phenoxy) is 1. The van der Waals surface area contributed by atoms with E-state index in [0.29, 0.717) is 0 Å². The number of alkyl halides is 7. The highest BCUT2D eigenvalue weighted by Gasteiger charge is 2.76. The van der Waals surface area contributed by atoms with Crippen LogP contribution in [-0.4, -0.2) is 18.2 Å². The van der Waals surface area contributed by atoms with Crippen molar-refractivity contribution in [1.29, 1.82) is 0 Å². The van der Waals surface area contributed by atoms with Crippen LogP contribution in [0.3, 0.4) is 0 Å². The Morgan fingerprint density at radius 2 is 1.12 bits per heavy atom. The van der Waals surface area contributed by atoms with Gasteiger partial charge in [0.1, 0.15) is 0 Å². The van der Waals surface area contributed by atoms with E-state index in [9.17, 15) is 43.9 Å². The maximum atomic E-state index is 12.0. The molecule has 0 amide bonds. The van der Waals surface area contributed by atoms with Crippen LogP contribution in [0.1, 0.15) is 0 Å². The largest absolute Gasteiger partial charge is 0.476 e. The van der Waals surface area contributed by atoms with Gasteiger partial charge in [0.15, 0.2) is 0 Å². The van der Waals surface area contributed by atoms with Gasteiger partial charge < -0.3 is 4.74 Å². The zero-order valence-electron chi connectivity index (χ0n) is 7.10. The van der Waals surface area contributed by atoms with E-state index in [0.717, 1.165) is 0 Å². The van der Waals surface area contributed by atoms with Gasteiger partial charge in [-0.15, -0.1) is 0 Å². The van der Waals surface area contributed by atoms with E-state index in [2.05, 4.69) is 0 Å². The molecule has 0 heterocycles. The van der Waals surface area contributed by atoms with Crippen molar-refractivity contribution >= 4 is 0 Å². The van der Waals surface area contributed by atoms with Crippen LogP contribution in [0.25, 0.3) is 0 Å². The van der Waals surface area contributed by atoms with E-state index in [1.807, 2.05) is 4.74 Å². The zero-order valence-corrected chi connectivity index (χ0v) is 7.10. The maximum absolute atomic E-state index is 12.0. The summed E-state index contributed by atoms with van der Waals surface area (Å²) in [6, 6.07) is -3.52. The molecule has 0 saturated heterocycles. The molecule has 0 aromatic carbocycles. The molecule has 17 heavy (non-hydrogen) atoms. The lowest BCUT2D eigenvalue weighted by atomic mass is 10.3. The number of hydrogen-bond acceptors (Lipinski definition) is 1. The van der Waals surface area contributed by atoms with Crippen LogP contribution in [0.15, 0.2) is 12.1 Å². The van der Waals surface area contributed by atoms with E-state index in [-0.39, 0.29) is 4.70 Å². The van der Waals surface area contributed by atoms with Crippen molar-refractivity contribution in [2.45, 2.75) is 18.2 Å². The fourth-order valence-electron chi connectivity index (χ4n) is 0.380. The minimum atomic E-state index is -6.81. The lowest BCUT2D eigenvalue weighted by molar-refractivity contribution is -0.419. The Labute approximate surface area is 85.0 Å². The summed E-state index contributed by atoms with van der Waals surface area (Å²) in [6.07, 6.45) is -16.9. The molecule has 0 bridgehead atoms. The summed E-state index contributed by atoms with van der Waals surface area (Å²) in [4.78, 5) is 0. The topological polar surface area (TPSA) is 9.23 Å². The van der Waals surface area contributed by atoms with Crippen molar-refractivity contribution < 1.29 is 53.3 Å². The average molecular weight is 286 g/mol. The quantitative estimate of drug-likeness (QED) is 0.563. The second-order valence-corrected chi connectivity index (χ2v) is 2.23.